The van der Waals surface area contributed by atoms with E-state index in [1.165, 1.54) is 19.3 Å². The molecule has 0 spiro atoms. The van der Waals surface area contributed by atoms with Crippen LogP contribution < -0.4 is 10.6 Å². The lowest BCUT2D eigenvalue weighted by Crippen LogP contribution is -2.43. The van der Waals surface area contributed by atoms with Crippen molar-refractivity contribution in [1.82, 2.24) is 10.6 Å². The first-order chi connectivity index (χ1) is 7.18. The van der Waals surface area contributed by atoms with Gasteiger partial charge in [-0.15, -0.1) is 0 Å². The molecular formula is C12H24N2O. The SMILES string of the molecule is CC(C)CC(=O)N[C@H]1CCCCCNC1. The van der Waals surface area contributed by atoms with Crippen molar-refractivity contribution in [2.75, 3.05) is 13.1 Å². The zero-order chi connectivity index (χ0) is 11.1. The van der Waals surface area contributed by atoms with Crippen LogP contribution in [0.25, 0.3) is 0 Å². The van der Waals surface area contributed by atoms with E-state index in [0.29, 0.717) is 18.4 Å². The van der Waals surface area contributed by atoms with E-state index in [1.54, 1.807) is 0 Å². The molecule has 88 valence electrons. The van der Waals surface area contributed by atoms with Crippen molar-refractivity contribution < 1.29 is 4.79 Å². The Morgan fingerprint density at radius 3 is 2.93 bits per heavy atom. The summed E-state index contributed by atoms with van der Waals surface area (Å²) in [6.45, 7) is 6.19. The predicted octanol–water partition coefficient (Wildman–Crippen LogP) is 1.68. The Morgan fingerprint density at radius 2 is 2.20 bits per heavy atom. The smallest absolute Gasteiger partial charge is 0.220 e. The molecule has 0 aromatic carbocycles. The van der Waals surface area contributed by atoms with Crippen LogP contribution in [0.3, 0.4) is 0 Å². The van der Waals surface area contributed by atoms with Crippen molar-refractivity contribution in [3.63, 3.8) is 0 Å². The maximum atomic E-state index is 11.6. The van der Waals surface area contributed by atoms with E-state index < -0.39 is 0 Å². The van der Waals surface area contributed by atoms with E-state index in [9.17, 15) is 4.79 Å². The van der Waals surface area contributed by atoms with Crippen LogP contribution in [-0.2, 0) is 4.79 Å². The second-order valence-corrected chi connectivity index (χ2v) is 4.92. The third-order valence-corrected chi connectivity index (χ3v) is 2.76. The van der Waals surface area contributed by atoms with E-state index in [2.05, 4.69) is 24.5 Å². The Balaban J connectivity index is 2.25. The summed E-state index contributed by atoms with van der Waals surface area (Å²) >= 11 is 0. The van der Waals surface area contributed by atoms with Gasteiger partial charge in [-0.05, 0) is 25.3 Å². The lowest BCUT2D eigenvalue weighted by molar-refractivity contribution is -0.122. The monoisotopic (exact) mass is 212 g/mol. The van der Waals surface area contributed by atoms with Gasteiger partial charge in [-0.2, -0.15) is 0 Å². The van der Waals surface area contributed by atoms with E-state index >= 15 is 0 Å². The summed E-state index contributed by atoms with van der Waals surface area (Å²) in [6.07, 6.45) is 5.57. The topological polar surface area (TPSA) is 41.1 Å². The van der Waals surface area contributed by atoms with Crippen LogP contribution in [0, 0.1) is 5.92 Å². The summed E-state index contributed by atoms with van der Waals surface area (Å²) in [6, 6.07) is 0.344. The molecule has 1 rings (SSSR count). The zero-order valence-corrected chi connectivity index (χ0v) is 10.0. The summed E-state index contributed by atoms with van der Waals surface area (Å²) in [5.41, 5.74) is 0. The molecule has 0 saturated carbocycles. The van der Waals surface area contributed by atoms with Gasteiger partial charge in [0.1, 0.15) is 0 Å². The second kappa shape index (κ2) is 6.83. The molecule has 1 aliphatic heterocycles. The van der Waals surface area contributed by atoms with Gasteiger partial charge in [0, 0.05) is 19.0 Å². The molecule has 1 aliphatic rings. The minimum absolute atomic E-state index is 0.206. The molecule has 1 saturated heterocycles. The summed E-state index contributed by atoms with van der Waals surface area (Å²) in [5, 5.41) is 6.50. The predicted molar refractivity (Wildman–Crippen MR) is 62.7 cm³/mol. The number of carbonyl (C=O) groups is 1. The van der Waals surface area contributed by atoms with Crippen molar-refractivity contribution in [1.29, 1.82) is 0 Å². The van der Waals surface area contributed by atoms with Gasteiger partial charge in [-0.25, -0.2) is 0 Å². The number of carbonyl (C=O) groups excluding carboxylic acids is 1. The molecule has 0 aromatic heterocycles. The van der Waals surface area contributed by atoms with Crippen molar-refractivity contribution in [3.8, 4) is 0 Å². The van der Waals surface area contributed by atoms with Crippen LogP contribution >= 0.6 is 0 Å². The fraction of sp³-hybridized carbons (Fsp3) is 0.917. The van der Waals surface area contributed by atoms with Crippen molar-refractivity contribution in [2.24, 2.45) is 5.92 Å². The highest BCUT2D eigenvalue weighted by Gasteiger charge is 2.13. The lowest BCUT2D eigenvalue weighted by Gasteiger charge is -2.22. The first kappa shape index (κ1) is 12.5. The van der Waals surface area contributed by atoms with Gasteiger partial charge in [-0.1, -0.05) is 26.7 Å². The van der Waals surface area contributed by atoms with Gasteiger partial charge in [0.2, 0.25) is 5.91 Å². The molecule has 15 heavy (non-hydrogen) atoms. The molecule has 0 radical (unpaired) electrons. The maximum absolute atomic E-state index is 11.6. The lowest BCUT2D eigenvalue weighted by atomic mass is 10.0. The average Bonchev–Trinajstić information content (AvgIpc) is 2.08. The first-order valence-electron chi connectivity index (χ1n) is 6.18. The molecular weight excluding hydrogens is 188 g/mol. The van der Waals surface area contributed by atoms with Crippen molar-refractivity contribution in [2.45, 2.75) is 52.0 Å². The molecule has 1 atom stereocenters. The standard InChI is InChI=1S/C12H24N2O/c1-10(2)8-12(15)14-11-6-4-3-5-7-13-9-11/h10-11,13H,3-9H2,1-2H3,(H,14,15)/t11-/m0/s1. The van der Waals surface area contributed by atoms with Crippen LogP contribution in [0.2, 0.25) is 0 Å². The minimum Gasteiger partial charge on any atom is -0.352 e. The molecule has 1 heterocycles. The minimum atomic E-state index is 0.206. The second-order valence-electron chi connectivity index (χ2n) is 4.92. The highest BCUT2D eigenvalue weighted by molar-refractivity contribution is 5.76. The van der Waals surface area contributed by atoms with Crippen LogP contribution in [0.5, 0.6) is 0 Å². The third-order valence-electron chi connectivity index (χ3n) is 2.76. The fourth-order valence-electron chi connectivity index (χ4n) is 1.98. The average molecular weight is 212 g/mol. The molecule has 0 bridgehead atoms. The first-order valence-corrected chi connectivity index (χ1v) is 6.18. The zero-order valence-electron chi connectivity index (χ0n) is 10.0. The number of amides is 1. The Labute approximate surface area is 93.0 Å². The molecule has 1 amide bonds. The summed E-state index contributed by atoms with van der Waals surface area (Å²) in [5.74, 6) is 0.656. The van der Waals surface area contributed by atoms with Crippen molar-refractivity contribution in [3.05, 3.63) is 0 Å². The number of hydrogen-bond donors (Lipinski definition) is 2. The molecule has 0 aliphatic carbocycles. The number of rotatable bonds is 3. The van der Waals surface area contributed by atoms with Crippen LogP contribution in [0.1, 0.15) is 46.0 Å². The molecule has 0 aromatic rings. The summed E-state index contributed by atoms with van der Waals surface area (Å²) in [4.78, 5) is 11.6. The molecule has 2 N–H and O–H groups in total. The van der Waals surface area contributed by atoms with Gasteiger partial charge >= 0.3 is 0 Å². The van der Waals surface area contributed by atoms with Crippen LogP contribution in [-0.4, -0.2) is 25.0 Å². The largest absolute Gasteiger partial charge is 0.352 e. The van der Waals surface area contributed by atoms with Gasteiger partial charge in [0.05, 0.1) is 0 Å². The molecule has 3 heteroatoms. The van der Waals surface area contributed by atoms with Gasteiger partial charge < -0.3 is 10.6 Å². The maximum Gasteiger partial charge on any atom is 0.220 e. The van der Waals surface area contributed by atoms with E-state index in [-0.39, 0.29) is 5.91 Å². The Kier molecular flexibility index (Phi) is 5.69. The molecule has 1 fully saturated rings. The third kappa shape index (κ3) is 5.78. The Bertz CT molecular complexity index is 184. The van der Waals surface area contributed by atoms with E-state index in [0.717, 1.165) is 19.5 Å². The summed E-state index contributed by atoms with van der Waals surface area (Å²) < 4.78 is 0. The van der Waals surface area contributed by atoms with E-state index in [4.69, 9.17) is 0 Å². The van der Waals surface area contributed by atoms with Gasteiger partial charge in [0.25, 0.3) is 0 Å². The number of hydrogen-bond acceptors (Lipinski definition) is 2. The van der Waals surface area contributed by atoms with Gasteiger partial charge in [0.15, 0.2) is 0 Å². The van der Waals surface area contributed by atoms with E-state index in [1.807, 2.05) is 0 Å². The fourth-order valence-corrected chi connectivity index (χ4v) is 1.98. The molecule has 0 unspecified atom stereocenters. The highest BCUT2D eigenvalue weighted by Crippen LogP contribution is 2.07. The van der Waals surface area contributed by atoms with Crippen molar-refractivity contribution >= 4 is 5.91 Å². The number of nitrogens with one attached hydrogen (secondary N) is 2. The highest BCUT2D eigenvalue weighted by atomic mass is 16.1. The quantitative estimate of drug-likeness (QED) is 0.747. The van der Waals surface area contributed by atoms with Crippen LogP contribution in [0.15, 0.2) is 0 Å². The Hall–Kier alpha value is -0.570. The molecule has 3 nitrogen and oxygen atoms in total. The normalized spacial score (nSPS) is 23.3. The Morgan fingerprint density at radius 1 is 1.40 bits per heavy atom. The summed E-state index contributed by atoms with van der Waals surface area (Å²) in [7, 11) is 0. The van der Waals surface area contributed by atoms with Crippen LogP contribution in [0.4, 0.5) is 0 Å². The van der Waals surface area contributed by atoms with Gasteiger partial charge in [-0.3, -0.25) is 4.79 Å².